The highest BCUT2D eigenvalue weighted by molar-refractivity contribution is 6.06. The molecule has 2 rings (SSSR count). The number of amides is 1. The molecule has 0 aliphatic rings. The van der Waals surface area contributed by atoms with E-state index in [2.05, 4.69) is 5.32 Å². The number of phenols is 2. The molecule has 0 spiro atoms. The number of aryl methyl sites for hydroxylation is 2. The van der Waals surface area contributed by atoms with E-state index in [1.54, 1.807) is 30.3 Å². The van der Waals surface area contributed by atoms with Crippen LogP contribution in [0.5, 0.6) is 11.5 Å². The Morgan fingerprint density at radius 2 is 1.58 bits per heavy atom. The van der Waals surface area contributed by atoms with Crippen molar-refractivity contribution in [1.82, 2.24) is 0 Å². The van der Waals surface area contributed by atoms with Crippen molar-refractivity contribution in [3.8, 4) is 11.5 Å². The van der Waals surface area contributed by atoms with E-state index in [1.807, 2.05) is 13.8 Å². The van der Waals surface area contributed by atoms with Gasteiger partial charge in [-0.15, -0.1) is 0 Å². The molecule has 0 saturated carbocycles. The van der Waals surface area contributed by atoms with Crippen LogP contribution in [0, 0.1) is 13.8 Å². The molecule has 2 aromatic rings. The number of benzene rings is 2. The second kappa shape index (κ2) is 5.02. The summed E-state index contributed by atoms with van der Waals surface area (Å²) in [7, 11) is 0. The molecule has 0 bridgehead atoms. The van der Waals surface area contributed by atoms with Crippen LogP contribution in [0.4, 0.5) is 5.69 Å². The first-order valence-corrected chi connectivity index (χ1v) is 5.88. The van der Waals surface area contributed by atoms with Crippen molar-refractivity contribution in [3.63, 3.8) is 0 Å². The van der Waals surface area contributed by atoms with Gasteiger partial charge in [-0.3, -0.25) is 4.79 Å². The molecule has 0 atom stereocenters. The Balaban J connectivity index is 2.28. The van der Waals surface area contributed by atoms with Crippen LogP contribution in [0.2, 0.25) is 0 Å². The van der Waals surface area contributed by atoms with Crippen LogP contribution in [0.25, 0.3) is 0 Å². The molecule has 98 valence electrons. The first-order chi connectivity index (χ1) is 8.97. The summed E-state index contributed by atoms with van der Waals surface area (Å²) in [4.78, 5) is 12.0. The smallest absolute Gasteiger partial charge is 0.259 e. The fourth-order valence-electron chi connectivity index (χ4n) is 1.77. The summed E-state index contributed by atoms with van der Waals surface area (Å²) in [6.07, 6.45) is 0. The Morgan fingerprint density at radius 3 is 2.26 bits per heavy atom. The van der Waals surface area contributed by atoms with Crippen LogP contribution in [0.3, 0.4) is 0 Å². The molecule has 2 aromatic carbocycles. The summed E-state index contributed by atoms with van der Waals surface area (Å²) in [5.74, 6) is -0.546. The summed E-state index contributed by atoms with van der Waals surface area (Å²) in [5, 5.41) is 22.0. The zero-order valence-corrected chi connectivity index (χ0v) is 10.8. The third kappa shape index (κ3) is 2.85. The fraction of sp³-hybridized carbons (Fsp3) is 0.133. The monoisotopic (exact) mass is 257 g/mol. The molecular weight excluding hydrogens is 242 g/mol. The van der Waals surface area contributed by atoms with Crippen molar-refractivity contribution in [3.05, 3.63) is 53.1 Å². The molecule has 1 amide bonds. The molecule has 4 nitrogen and oxygen atoms in total. The van der Waals surface area contributed by atoms with Gasteiger partial charge in [-0.2, -0.15) is 0 Å². The summed E-state index contributed by atoms with van der Waals surface area (Å²) >= 11 is 0. The van der Waals surface area contributed by atoms with Gasteiger partial charge in [0.2, 0.25) is 0 Å². The van der Waals surface area contributed by atoms with Crippen LogP contribution in [-0.2, 0) is 0 Å². The lowest BCUT2D eigenvalue weighted by molar-refractivity contribution is 0.102. The summed E-state index contributed by atoms with van der Waals surface area (Å²) in [5.41, 5.74) is 2.27. The van der Waals surface area contributed by atoms with Crippen molar-refractivity contribution >= 4 is 11.6 Å². The standard InChI is InChI=1S/C15H15NO3/c1-9-4-6-13(17)11(7-9)15(19)16-12-5-3-10(2)8-14(12)18/h3-8,17-18H,1-2H3,(H,16,19). The Bertz CT molecular complexity index is 635. The maximum absolute atomic E-state index is 12.0. The Morgan fingerprint density at radius 1 is 0.947 bits per heavy atom. The van der Waals surface area contributed by atoms with Crippen LogP contribution >= 0.6 is 0 Å². The van der Waals surface area contributed by atoms with E-state index in [1.165, 1.54) is 6.07 Å². The molecule has 19 heavy (non-hydrogen) atoms. The maximum atomic E-state index is 12.0. The molecule has 4 heteroatoms. The van der Waals surface area contributed by atoms with Gasteiger partial charge in [-0.25, -0.2) is 0 Å². The average Bonchev–Trinajstić information content (AvgIpc) is 2.35. The van der Waals surface area contributed by atoms with Crippen molar-refractivity contribution < 1.29 is 15.0 Å². The van der Waals surface area contributed by atoms with Gasteiger partial charge in [0.25, 0.3) is 5.91 Å². The number of nitrogens with one attached hydrogen (secondary N) is 1. The zero-order chi connectivity index (χ0) is 14.0. The highest BCUT2D eigenvalue weighted by Gasteiger charge is 2.13. The minimum atomic E-state index is -0.458. The van der Waals surface area contributed by atoms with Gasteiger partial charge in [0.1, 0.15) is 11.5 Å². The van der Waals surface area contributed by atoms with Crippen LogP contribution in [0.1, 0.15) is 21.5 Å². The topological polar surface area (TPSA) is 69.6 Å². The normalized spacial score (nSPS) is 10.2. The van der Waals surface area contributed by atoms with Crippen molar-refractivity contribution in [2.75, 3.05) is 5.32 Å². The molecule has 0 aliphatic heterocycles. The highest BCUT2D eigenvalue weighted by atomic mass is 16.3. The summed E-state index contributed by atoms with van der Waals surface area (Å²) < 4.78 is 0. The lowest BCUT2D eigenvalue weighted by atomic mass is 10.1. The van der Waals surface area contributed by atoms with Crippen molar-refractivity contribution in [2.45, 2.75) is 13.8 Å². The quantitative estimate of drug-likeness (QED) is 0.724. The predicted octanol–water partition coefficient (Wildman–Crippen LogP) is 2.97. The van der Waals surface area contributed by atoms with Gasteiger partial charge < -0.3 is 15.5 Å². The number of hydrogen-bond acceptors (Lipinski definition) is 3. The molecular formula is C15H15NO3. The van der Waals surface area contributed by atoms with E-state index in [9.17, 15) is 15.0 Å². The number of anilines is 1. The second-order valence-corrected chi connectivity index (χ2v) is 4.50. The van der Waals surface area contributed by atoms with Crippen molar-refractivity contribution in [2.24, 2.45) is 0 Å². The number of carbonyl (C=O) groups excluding carboxylic acids is 1. The number of hydrogen-bond donors (Lipinski definition) is 3. The fourth-order valence-corrected chi connectivity index (χ4v) is 1.77. The van der Waals surface area contributed by atoms with Gasteiger partial charge in [-0.1, -0.05) is 17.7 Å². The van der Waals surface area contributed by atoms with Gasteiger partial charge in [0, 0.05) is 0 Å². The summed E-state index contributed by atoms with van der Waals surface area (Å²) in [6.45, 7) is 3.68. The third-order valence-electron chi connectivity index (χ3n) is 2.80. The van der Waals surface area contributed by atoms with E-state index in [4.69, 9.17) is 0 Å². The van der Waals surface area contributed by atoms with Crippen LogP contribution in [-0.4, -0.2) is 16.1 Å². The maximum Gasteiger partial charge on any atom is 0.259 e. The highest BCUT2D eigenvalue weighted by Crippen LogP contribution is 2.26. The second-order valence-electron chi connectivity index (χ2n) is 4.50. The lowest BCUT2D eigenvalue weighted by Crippen LogP contribution is -2.12. The molecule has 0 unspecified atom stereocenters. The first-order valence-electron chi connectivity index (χ1n) is 5.88. The zero-order valence-electron chi connectivity index (χ0n) is 10.8. The van der Waals surface area contributed by atoms with Crippen LogP contribution < -0.4 is 5.32 Å². The number of aromatic hydroxyl groups is 2. The average molecular weight is 257 g/mol. The Labute approximate surface area is 111 Å². The largest absolute Gasteiger partial charge is 0.507 e. The molecule has 0 radical (unpaired) electrons. The minimum absolute atomic E-state index is 0.000456. The Kier molecular flexibility index (Phi) is 3.42. The van der Waals surface area contributed by atoms with E-state index in [-0.39, 0.29) is 17.1 Å². The van der Waals surface area contributed by atoms with Gasteiger partial charge in [-0.05, 0) is 43.7 Å². The van der Waals surface area contributed by atoms with Crippen molar-refractivity contribution in [1.29, 1.82) is 0 Å². The van der Waals surface area contributed by atoms with E-state index >= 15 is 0 Å². The molecule has 0 heterocycles. The molecule has 3 N–H and O–H groups in total. The summed E-state index contributed by atoms with van der Waals surface area (Å²) in [6, 6.07) is 9.75. The number of rotatable bonds is 2. The van der Waals surface area contributed by atoms with E-state index in [0.29, 0.717) is 5.69 Å². The van der Waals surface area contributed by atoms with Gasteiger partial charge in [0.05, 0.1) is 11.3 Å². The molecule has 0 fully saturated rings. The van der Waals surface area contributed by atoms with E-state index in [0.717, 1.165) is 11.1 Å². The number of carbonyl (C=O) groups is 1. The lowest BCUT2D eigenvalue weighted by Gasteiger charge is -2.09. The van der Waals surface area contributed by atoms with Gasteiger partial charge in [0.15, 0.2) is 0 Å². The first kappa shape index (κ1) is 13.0. The third-order valence-corrected chi connectivity index (χ3v) is 2.80. The molecule has 0 aliphatic carbocycles. The van der Waals surface area contributed by atoms with E-state index < -0.39 is 5.91 Å². The SMILES string of the molecule is Cc1ccc(NC(=O)c2cc(C)ccc2O)c(O)c1. The van der Waals surface area contributed by atoms with Gasteiger partial charge >= 0.3 is 0 Å². The number of phenolic OH excluding ortho intramolecular Hbond substituents is 2. The molecule has 0 aromatic heterocycles. The minimum Gasteiger partial charge on any atom is -0.507 e. The van der Waals surface area contributed by atoms with Crippen LogP contribution in [0.15, 0.2) is 36.4 Å². The predicted molar refractivity (Wildman–Crippen MR) is 73.6 cm³/mol. The molecule has 0 saturated heterocycles. The Hall–Kier alpha value is -2.49.